The van der Waals surface area contributed by atoms with Crippen LogP contribution in [0.1, 0.15) is 17.1 Å². The van der Waals surface area contributed by atoms with E-state index in [4.69, 9.17) is 5.73 Å². The van der Waals surface area contributed by atoms with Gasteiger partial charge in [-0.2, -0.15) is 10.2 Å². The first-order valence-corrected chi connectivity index (χ1v) is 8.76. The molecule has 0 aliphatic heterocycles. The van der Waals surface area contributed by atoms with Gasteiger partial charge >= 0.3 is 0 Å². The molecule has 3 N–H and O–H groups in total. The number of nitrogen functional groups attached to an aromatic ring is 1. The molecule has 3 heterocycles. The van der Waals surface area contributed by atoms with Crippen molar-refractivity contribution in [1.82, 2.24) is 24.5 Å². The minimum Gasteiger partial charge on any atom is -0.368 e. The maximum atomic E-state index is 13.8. The van der Waals surface area contributed by atoms with E-state index in [1.807, 2.05) is 12.1 Å². The highest BCUT2D eigenvalue weighted by molar-refractivity contribution is 5.78. The first-order chi connectivity index (χ1) is 14.6. The molecule has 8 nitrogen and oxygen atoms in total. The van der Waals surface area contributed by atoms with E-state index in [1.54, 1.807) is 29.8 Å². The van der Waals surface area contributed by atoms with Crippen LogP contribution in [0.5, 0.6) is 0 Å². The van der Waals surface area contributed by atoms with Crippen LogP contribution in [-0.4, -0.2) is 24.5 Å². The number of aryl methyl sites for hydroxylation is 1. The zero-order chi connectivity index (χ0) is 21.7. The number of imidazole rings is 1. The first-order valence-electron chi connectivity index (χ1n) is 8.76. The topological polar surface area (TPSA) is 118 Å². The predicted octanol–water partition coefficient (Wildman–Crippen LogP) is 2.97. The molecule has 30 heavy (non-hydrogen) atoms. The summed E-state index contributed by atoms with van der Waals surface area (Å²) in [6, 6.07) is 11.9. The normalized spacial score (nSPS) is 10.1. The van der Waals surface area contributed by atoms with Crippen LogP contribution in [0, 0.1) is 36.9 Å². The lowest BCUT2D eigenvalue weighted by molar-refractivity contribution is 0.629. The first kappa shape index (κ1) is 20.2. The number of nitriles is 1. The molecule has 0 saturated heterocycles. The standard InChI is InChI=1S/C19H15FN8.C2H2/c1-11-13(9-21)18(27-19(22)25-11)24-10-17-26-14-6-5-12(20)8-15(14)28(17)16-4-2-3-7-23-16;1-2/h2-8H,10H2,1H3,(H3,22,24,25,27);1-2H. The second-order valence-corrected chi connectivity index (χ2v) is 6.04. The minimum absolute atomic E-state index is 0.0688. The number of pyridine rings is 1. The van der Waals surface area contributed by atoms with Gasteiger partial charge < -0.3 is 11.1 Å². The SMILES string of the molecule is C#C.Cc1nc(N)nc(NCc2nc3ccc(F)cc3n2-c2ccccn2)c1C#N. The second-order valence-electron chi connectivity index (χ2n) is 6.04. The monoisotopic (exact) mass is 400 g/mol. The van der Waals surface area contributed by atoms with E-state index in [9.17, 15) is 9.65 Å². The molecule has 3 aromatic heterocycles. The minimum atomic E-state index is -0.366. The average molecular weight is 400 g/mol. The second kappa shape index (κ2) is 8.67. The van der Waals surface area contributed by atoms with Crippen LogP contribution in [0.25, 0.3) is 16.9 Å². The van der Waals surface area contributed by atoms with Gasteiger partial charge in [0.05, 0.1) is 23.3 Å². The van der Waals surface area contributed by atoms with Crippen molar-refractivity contribution in [1.29, 1.82) is 5.26 Å². The number of hydrogen-bond donors (Lipinski definition) is 2. The molecule has 0 atom stereocenters. The largest absolute Gasteiger partial charge is 0.368 e. The third-order valence-electron chi connectivity index (χ3n) is 4.20. The number of terminal acetylenes is 1. The molecular formula is C21H17FN8. The highest BCUT2D eigenvalue weighted by Crippen LogP contribution is 2.23. The Bertz CT molecular complexity index is 1250. The van der Waals surface area contributed by atoms with Crippen molar-refractivity contribution in [3.63, 3.8) is 0 Å². The third-order valence-corrected chi connectivity index (χ3v) is 4.20. The lowest BCUT2D eigenvalue weighted by Gasteiger charge is -2.11. The fourth-order valence-electron chi connectivity index (χ4n) is 2.98. The van der Waals surface area contributed by atoms with Crippen molar-refractivity contribution >= 4 is 22.8 Å². The van der Waals surface area contributed by atoms with E-state index < -0.39 is 0 Å². The molecule has 0 radical (unpaired) electrons. The number of aromatic nitrogens is 5. The van der Waals surface area contributed by atoms with Crippen LogP contribution in [0.2, 0.25) is 0 Å². The van der Waals surface area contributed by atoms with E-state index in [-0.39, 0.29) is 18.3 Å². The maximum absolute atomic E-state index is 13.8. The molecule has 0 aliphatic rings. The molecule has 0 saturated carbocycles. The fourth-order valence-corrected chi connectivity index (χ4v) is 2.98. The molecule has 148 valence electrons. The van der Waals surface area contributed by atoms with Crippen LogP contribution in [0.15, 0.2) is 42.6 Å². The van der Waals surface area contributed by atoms with Crippen molar-refractivity contribution in [2.24, 2.45) is 0 Å². The highest BCUT2D eigenvalue weighted by atomic mass is 19.1. The molecule has 0 aliphatic carbocycles. The van der Waals surface area contributed by atoms with Crippen molar-refractivity contribution in [3.8, 4) is 24.7 Å². The number of anilines is 2. The molecule has 0 bridgehead atoms. The van der Waals surface area contributed by atoms with Gasteiger partial charge in [-0.1, -0.05) is 6.07 Å². The highest BCUT2D eigenvalue weighted by Gasteiger charge is 2.16. The number of benzene rings is 1. The summed E-state index contributed by atoms with van der Waals surface area (Å²) in [6.45, 7) is 1.91. The van der Waals surface area contributed by atoms with Crippen LogP contribution in [-0.2, 0) is 6.54 Å². The van der Waals surface area contributed by atoms with Crippen molar-refractivity contribution in [3.05, 3.63) is 65.5 Å². The van der Waals surface area contributed by atoms with Gasteiger partial charge in [0.15, 0.2) is 0 Å². The van der Waals surface area contributed by atoms with Gasteiger partial charge in [0.25, 0.3) is 0 Å². The molecule has 0 unspecified atom stereocenters. The molecule has 9 heteroatoms. The summed E-state index contributed by atoms with van der Waals surface area (Å²) in [5.41, 5.74) is 7.72. The van der Waals surface area contributed by atoms with Gasteiger partial charge in [0.2, 0.25) is 5.95 Å². The van der Waals surface area contributed by atoms with Crippen molar-refractivity contribution in [2.75, 3.05) is 11.1 Å². The number of rotatable bonds is 4. The lowest BCUT2D eigenvalue weighted by atomic mass is 10.2. The number of hydrogen-bond acceptors (Lipinski definition) is 7. The number of nitrogens with two attached hydrogens (primary N) is 1. The summed E-state index contributed by atoms with van der Waals surface area (Å²) in [7, 11) is 0. The Hall–Kier alpha value is -4.50. The molecule has 0 spiro atoms. The summed E-state index contributed by atoms with van der Waals surface area (Å²) in [6.07, 6.45) is 9.65. The van der Waals surface area contributed by atoms with E-state index >= 15 is 0 Å². The van der Waals surface area contributed by atoms with E-state index in [2.05, 4.69) is 44.2 Å². The van der Waals surface area contributed by atoms with Gasteiger partial charge in [0.1, 0.15) is 34.9 Å². The Morgan fingerprint density at radius 2 is 2.00 bits per heavy atom. The summed E-state index contributed by atoms with van der Waals surface area (Å²) < 4.78 is 15.6. The number of halogens is 1. The van der Waals surface area contributed by atoms with Gasteiger partial charge in [-0.3, -0.25) is 4.57 Å². The zero-order valence-electron chi connectivity index (χ0n) is 16.0. The van der Waals surface area contributed by atoms with Crippen LogP contribution < -0.4 is 11.1 Å². The summed E-state index contributed by atoms with van der Waals surface area (Å²) in [5.74, 6) is 1.21. The molecular weight excluding hydrogens is 383 g/mol. The van der Waals surface area contributed by atoms with E-state index in [1.165, 1.54) is 12.1 Å². The lowest BCUT2D eigenvalue weighted by Crippen LogP contribution is -2.12. The average Bonchev–Trinajstić information content (AvgIpc) is 3.11. The van der Waals surface area contributed by atoms with E-state index in [0.717, 1.165) is 0 Å². The Morgan fingerprint density at radius 1 is 1.20 bits per heavy atom. The molecule has 0 fully saturated rings. The number of nitrogens with one attached hydrogen (secondary N) is 1. The molecule has 1 aromatic carbocycles. The van der Waals surface area contributed by atoms with Crippen LogP contribution in [0.3, 0.4) is 0 Å². The van der Waals surface area contributed by atoms with Gasteiger partial charge in [0, 0.05) is 12.3 Å². The van der Waals surface area contributed by atoms with Gasteiger partial charge in [-0.05, 0) is 31.2 Å². The quantitative estimate of drug-likeness (QED) is 0.506. The zero-order valence-corrected chi connectivity index (χ0v) is 16.0. The smallest absolute Gasteiger partial charge is 0.222 e. The molecule has 4 rings (SSSR count). The fraction of sp³-hybridized carbons (Fsp3) is 0.0952. The predicted molar refractivity (Wildman–Crippen MR) is 112 cm³/mol. The Kier molecular flexibility index (Phi) is 5.85. The van der Waals surface area contributed by atoms with Gasteiger partial charge in [-0.15, -0.1) is 12.8 Å². The number of nitrogens with zero attached hydrogens (tertiary/aromatic N) is 6. The summed E-state index contributed by atoms with van der Waals surface area (Å²) in [4.78, 5) is 17.0. The third kappa shape index (κ3) is 3.86. The Labute approximate surface area is 172 Å². The molecule has 0 amide bonds. The van der Waals surface area contributed by atoms with Crippen molar-refractivity contribution in [2.45, 2.75) is 13.5 Å². The maximum Gasteiger partial charge on any atom is 0.222 e. The number of fused-ring (bicyclic) bond motifs is 1. The van der Waals surface area contributed by atoms with Crippen LogP contribution >= 0.6 is 0 Å². The van der Waals surface area contributed by atoms with Gasteiger partial charge in [-0.25, -0.2) is 19.3 Å². The summed E-state index contributed by atoms with van der Waals surface area (Å²) in [5, 5.41) is 12.5. The summed E-state index contributed by atoms with van der Waals surface area (Å²) >= 11 is 0. The molecule has 4 aromatic rings. The van der Waals surface area contributed by atoms with E-state index in [0.29, 0.717) is 39.8 Å². The van der Waals surface area contributed by atoms with Crippen molar-refractivity contribution < 1.29 is 4.39 Å². The van der Waals surface area contributed by atoms with Crippen LogP contribution in [0.4, 0.5) is 16.2 Å². The Morgan fingerprint density at radius 3 is 2.70 bits per heavy atom. The Balaban J connectivity index is 0.00000124.